The number of hydrogen-bond acceptors (Lipinski definition) is 5. The summed E-state index contributed by atoms with van der Waals surface area (Å²) in [4.78, 5) is 23.4. The van der Waals surface area contributed by atoms with Crippen LogP contribution in [0.5, 0.6) is 0 Å². The molecule has 18 heavy (non-hydrogen) atoms. The Labute approximate surface area is 104 Å². The van der Waals surface area contributed by atoms with Crippen LogP contribution in [0.3, 0.4) is 0 Å². The molecule has 6 nitrogen and oxygen atoms in total. The van der Waals surface area contributed by atoms with Crippen LogP contribution in [0.2, 0.25) is 0 Å². The van der Waals surface area contributed by atoms with Gasteiger partial charge in [-0.05, 0) is 17.5 Å². The molecule has 0 spiro atoms. The Morgan fingerprint density at radius 3 is 2.94 bits per heavy atom. The summed E-state index contributed by atoms with van der Waals surface area (Å²) < 4.78 is 4.61. The largest absolute Gasteiger partial charge is 0.468 e. The number of benzene rings is 1. The molecule has 1 aliphatic rings. The Hall–Kier alpha value is -1.95. The molecule has 0 bridgehead atoms. The molecule has 0 atom stereocenters. The standard InChI is InChI=1S/C12H14N2O4/c1-18-12(15)8-13-5-4-9-2-3-11(14(16)17)6-10(9)7-13/h2-3,6H,4-5,7-8H2,1H3. The van der Waals surface area contributed by atoms with Crippen LogP contribution in [-0.4, -0.2) is 36.0 Å². The first-order valence-corrected chi connectivity index (χ1v) is 5.65. The van der Waals surface area contributed by atoms with Crippen LogP contribution < -0.4 is 0 Å². The van der Waals surface area contributed by atoms with E-state index in [2.05, 4.69) is 4.74 Å². The quantitative estimate of drug-likeness (QED) is 0.456. The number of methoxy groups -OCH3 is 1. The second-order valence-electron chi connectivity index (χ2n) is 4.25. The fourth-order valence-electron chi connectivity index (χ4n) is 2.10. The van der Waals surface area contributed by atoms with Crippen molar-refractivity contribution in [3.8, 4) is 0 Å². The first-order chi connectivity index (χ1) is 8.60. The van der Waals surface area contributed by atoms with E-state index in [1.165, 1.54) is 13.2 Å². The van der Waals surface area contributed by atoms with Crippen molar-refractivity contribution >= 4 is 11.7 Å². The smallest absolute Gasteiger partial charge is 0.319 e. The van der Waals surface area contributed by atoms with Gasteiger partial charge in [-0.2, -0.15) is 0 Å². The van der Waals surface area contributed by atoms with E-state index in [-0.39, 0.29) is 18.2 Å². The summed E-state index contributed by atoms with van der Waals surface area (Å²) in [6.07, 6.45) is 0.796. The van der Waals surface area contributed by atoms with Crippen LogP contribution in [0, 0.1) is 10.1 Å². The summed E-state index contributed by atoms with van der Waals surface area (Å²) in [6, 6.07) is 4.90. The molecular formula is C12H14N2O4. The molecular weight excluding hydrogens is 236 g/mol. The summed E-state index contributed by atoms with van der Waals surface area (Å²) in [5, 5.41) is 10.7. The van der Waals surface area contributed by atoms with Crippen molar-refractivity contribution < 1.29 is 14.5 Å². The van der Waals surface area contributed by atoms with Crippen LogP contribution in [0.25, 0.3) is 0 Å². The lowest BCUT2D eigenvalue weighted by atomic mass is 9.99. The lowest BCUT2D eigenvalue weighted by Gasteiger charge is -2.27. The number of non-ortho nitro benzene ring substituents is 1. The van der Waals surface area contributed by atoms with Crippen LogP contribution in [-0.2, 0) is 22.5 Å². The van der Waals surface area contributed by atoms with E-state index < -0.39 is 4.92 Å². The van der Waals surface area contributed by atoms with E-state index in [0.29, 0.717) is 6.54 Å². The number of esters is 1. The lowest BCUT2D eigenvalue weighted by Crippen LogP contribution is -2.35. The second-order valence-corrected chi connectivity index (χ2v) is 4.25. The Balaban J connectivity index is 2.14. The van der Waals surface area contributed by atoms with E-state index in [1.807, 2.05) is 4.90 Å². The van der Waals surface area contributed by atoms with Crippen molar-refractivity contribution in [3.05, 3.63) is 39.4 Å². The lowest BCUT2D eigenvalue weighted by molar-refractivity contribution is -0.385. The Bertz CT molecular complexity index is 487. The van der Waals surface area contributed by atoms with Crippen LogP contribution >= 0.6 is 0 Å². The molecule has 0 unspecified atom stereocenters. The Kier molecular flexibility index (Phi) is 3.57. The predicted octanol–water partition coefficient (Wildman–Crippen LogP) is 1.13. The zero-order valence-electron chi connectivity index (χ0n) is 10.1. The van der Waals surface area contributed by atoms with E-state index in [0.717, 1.165) is 24.1 Å². The van der Waals surface area contributed by atoms with Crippen molar-refractivity contribution in [2.75, 3.05) is 20.2 Å². The van der Waals surface area contributed by atoms with Crippen molar-refractivity contribution in [2.45, 2.75) is 13.0 Å². The normalized spacial score (nSPS) is 14.9. The molecule has 0 amide bonds. The van der Waals surface area contributed by atoms with Crippen LogP contribution in [0.4, 0.5) is 5.69 Å². The Morgan fingerprint density at radius 2 is 2.28 bits per heavy atom. The molecule has 1 aromatic carbocycles. The number of carbonyl (C=O) groups excluding carboxylic acids is 1. The number of hydrogen-bond donors (Lipinski definition) is 0. The summed E-state index contributed by atoms with van der Waals surface area (Å²) in [5.41, 5.74) is 2.12. The molecule has 1 aromatic rings. The van der Waals surface area contributed by atoms with E-state index >= 15 is 0 Å². The highest BCUT2D eigenvalue weighted by Gasteiger charge is 2.20. The molecule has 1 heterocycles. The second kappa shape index (κ2) is 5.14. The van der Waals surface area contributed by atoms with E-state index in [1.54, 1.807) is 12.1 Å². The molecule has 1 aliphatic heterocycles. The average Bonchev–Trinajstić information content (AvgIpc) is 2.37. The fraction of sp³-hybridized carbons (Fsp3) is 0.417. The fourth-order valence-corrected chi connectivity index (χ4v) is 2.10. The topological polar surface area (TPSA) is 72.7 Å². The zero-order valence-corrected chi connectivity index (χ0v) is 10.1. The first kappa shape index (κ1) is 12.5. The maximum absolute atomic E-state index is 11.2. The number of fused-ring (bicyclic) bond motifs is 1. The monoisotopic (exact) mass is 250 g/mol. The van der Waals surface area contributed by atoms with Gasteiger partial charge in [0.2, 0.25) is 0 Å². The van der Waals surface area contributed by atoms with Crippen molar-refractivity contribution in [1.82, 2.24) is 4.90 Å². The van der Waals surface area contributed by atoms with Gasteiger partial charge in [-0.3, -0.25) is 19.8 Å². The summed E-state index contributed by atoms with van der Waals surface area (Å²) in [6.45, 7) is 1.53. The van der Waals surface area contributed by atoms with Crippen LogP contribution in [0.15, 0.2) is 18.2 Å². The maximum Gasteiger partial charge on any atom is 0.319 e. The molecule has 0 radical (unpaired) electrons. The third-order valence-corrected chi connectivity index (χ3v) is 3.07. The molecule has 2 rings (SSSR count). The van der Waals surface area contributed by atoms with Crippen molar-refractivity contribution in [2.24, 2.45) is 0 Å². The molecule has 0 aromatic heterocycles. The third-order valence-electron chi connectivity index (χ3n) is 3.07. The van der Waals surface area contributed by atoms with Gasteiger partial charge in [-0.25, -0.2) is 0 Å². The number of nitro benzene ring substituents is 1. The maximum atomic E-state index is 11.2. The van der Waals surface area contributed by atoms with Crippen molar-refractivity contribution in [1.29, 1.82) is 0 Å². The molecule has 0 aliphatic carbocycles. The summed E-state index contributed by atoms with van der Waals surface area (Å²) in [7, 11) is 1.35. The van der Waals surface area contributed by atoms with Crippen LogP contribution in [0.1, 0.15) is 11.1 Å². The number of ether oxygens (including phenoxy) is 1. The van der Waals surface area contributed by atoms with E-state index in [4.69, 9.17) is 0 Å². The van der Waals surface area contributed by atoms with E-state index in [9.17, 15) is 14.9 Å². The van der Waals surface area contributed by atoms with Gasteiger partial charge < -0.3 is 4.74 Å². The molecule has 0 saturated heterocycles. The zero-order chi connectivity index (χ0) is 13.1. The first-order valence-electron chi connectivity index (χ1n) is 5.65. The highest BCUT2D eigenvalue weighted by molar-refractivity contribution is 5.71. The molecule has 96 valence electrons. The number of nitro groups is 1. The number of nitrogens with zero attached hydrogens (tertiary/aromatic N) is 2. The van der Waals surface area contributed by atoms with Gasteiger partial charge in [0.15, 0.2) is 0 Å². The molecule has 0 saturated carbocycles. The third kappa shape index (κ3) is 2.65. The minimum atomic E-state index is -0.403. The minimum Gasteiger partial charge on any atom is -0.468 e. The Morgan fingerprint density at radius 1 is 1.50 bits per heavy atom. The number of carbonyl (C=O) groups is 1. The summed E-state index contributed by atoms with van der Waals surface area (Å²) in [5.74, 6) is -0.288. The average molecular weight is 250 g/mol. The van der Waals surface area contributed by atoms with Gasteiger partial charge in [-0.15, -0.1) is 0 Å². The minimum absolute atomic E-state index is 0.0914. The van der Waals surface area contributed by atoms with Gasteiger partial charge in [0, 0.05) is 25.2 Å². The summed E-state index contributed by atoms with van der Waals surface area (Å²) >= 11 is 0. The molecule has 0 fully saturated rings. The SMILES string of the molecule is COC(=O)CN1CCc2ccc([N+](=O)[O-])cc2C1. The molecule has 6 heteroatoms. The van der Waals surface area contributed by atoms with Gasteiger partial charge in [0.1, 0.15) is 0 Å². The van der Waals surface area contributed by atoms with Gasteiger partial charge in [-0.1, -0.05) is 6.07 Å². The highest BCUT2D eigenvalue weighted by Crippen LogP contribution is 2.23. The molecule has 0 N–H and O–H groups in total. The highest BCUT2D eigenvalue weighted by atomic mass is 16.6. The number of rotatable bonds is 3. The van der Waals surface area contributed by atoms with Crippen molar-refractivity contribution in [3.63, 3.8) is 0 Å². The van der Waals surface area contributed by atoms with Gasteiger partial charge >= 0.3 is 5.97 Å². The van der Waals surface area contributed by atoms with Gasteiger partial charge in [0.25, 0.3) is 5.69 Å². The predicted molar refractivity (Wildman–Crippen MR) is 64.1 cm³/mol. The van der Waals surface area contributed by atoms with Gasteiger partial charge in [0.05, 0.1) is 18.6 Å².